The lowest BCUT2D eigenvalue weighted by molar-refractivity contribution is 0.0929. The number of hydrogen-bond donors (Lipinski definition) is 1. The lowest BCUT2D eigenvalue weighted by Gasteiger charge is -1.96. The van der Waals surface area contributed by atoms with Gasteiger partial charge in [0.15, 0.2) is 4.77 Å². The van der Waals surface area contributed by atoms with Crippen LogP contribution < -0.4 is 5.56 Å². The number of nitrogens with one attached hydrogen (secondary N) is 1. The molecule has 5 heteroatoms. The van der Waals surface area contributed by atoms with E-state index in [0.717, 1.165) is 4.57 Å². The largest absolute Gasteiger partial charge is 0.338 e. The topological polar surface area (TPSA) is 54.9 Å². The molecule has 0 saturated carbocycles. The normalized spacial score (nSPS) is 9.55. The first-order chi connectivity index (χ1) is 5.13. The quantitative estimate of drug-likeness (QED) is 0.579. The first-order valence-corrected chi connectivity index (χ1v) is 3.35. The first kappa shape index (κ1) is 7.87. The molecule has 0 amide bonds. The van der Waals surface area contributed by atoms with Crippen LogP contribution in [0.2, 0.25) is 0 Å². The number of rotatable bonds is 0. The molecule has 0 bridgehead atoms. The predicted octanol–water partition coefficient (Wildman–Crippen LogP) is 0.566. The molecular weight excluding hydrogens is 164 g/mol. The fourth-order valence-electron chi connectivity index (χ4n) is 0.722. The van der Waals surface area contributed by atoms with Crippen molar-refractivity contribution in [3.8, 4) is 0 Å². The number of aromatic nitrogens is 2. The Labute approximate surface area is 67.5 Å². The number of H-pyrrole nitrogens is 1. The van der Waals surface area contributed by atoms with E-state index in [4.69, 9.17) is 12.2 Å². The third-order valence-corrected chi connectivity index (χ3v) is 1.47. The van der Waals surface area contributed by atoms with E-state index in [1.807, 2.05) is 0 Å². The van der Waals surface area contributed by atoms with Crippen LogP contribution in [0.4, 0.5) is 0 Å². The minimum atomic E-state index is -0.402. The molecule has 0 aliphatic rings. The summed E-state index contributed by atoms with van der Waals surface area (Å²) in [5, 5.41) is 0. The molecule has 0 unspecified atom stereocenters. The molecule has 0 spiro atoms. The molecule has 0 atom stereocenters. The predicted molar refractivity (Wildman–Crippen MR) is 42.2 cm³/mol. The van der Waals surface area contributed by atoms with E-state index in [0.29, 0.717) is 0 Å². The molecule has 0 aromatic carbocycles. The molecule has 0 aliphatic heterocycles. The minimum Gasteiger partial charge on any atom is -0.338 e. The Kier molecular flexibility index (Phi) is 2.00. The lowest BCUT2D eigenvalue weighted by Crippen LogP contribution is -2.24. The van der Waals surface area contributed by atoms with Crippen molar-refractivity contribution >= 4 is 18.1 Å². The second-order valence-electron chi connectivity index (χ2n) is 1.98. The van der Waals surface area contributed by atoms with Gasteiger partial charge in [-0.25, -0.2) is 4.57 Å². The van der Waals surface area contributed by atoms with Crippen LogP contribution in [0.15, 0.2) is 17.1 Å². The molecular formula is C6H6N2O2S. The van der Waals surface area contributed by atoms with Gasteiger partial charge in [0.05, 0.1) is 0 Å². The summed E-state index contributed by atoms with van der Waals surface area (Å²) in [7, 11) is 0. The molecule has 58 valence electrons. The number of carbonyl (C=O) groups excluding carboxylic acids is 1. The molecule has 1 aromatic rings. The van der Waals surface area contributed by atoms with Gasteiger partial charge in [-0.15, -0.1) is 0 Å². The minimum absolute atomic E-state index is 0.130. The Morgan fingerprint density at radius 1 is 1.73 bits per heavy atom. The van der Waals surface area contributed by atoms with E-state index in [9.17, 15) is 9.59 Å². The van der Waals surface area contributed by atoms with Gasteiger partial charge < -0.3 is 4.98 Å². The van der Waals surface area contributed by atoms with Gasteiger partial charge in [-0.3, -0.25) is 9.59 Å². The summed E-state index contributed by atoms with van der Waals surface area (Å²) in [4.78, 5) is 24.3. The molecule has 4 nitrogen and oxygen atoms in total. The van der Waals surface area contributed by atoms with Crippen LogP contribution in [0.5, 0.6) is 0 Å². The fraction of sp³-hybridized carbons (Fsp3) is 0.167. The Morgan fingerprint density at radius 2 is 2.36 bits per heavy atom. The third kappa shape index (κ3) is 1.43. The maximum absolute atomic E-state index is 10.9. The maximum Gasteiger partial charge on any atom is 0.261 e. The molecule has 0 fully saturated rings. The van der Waals surface area contributed by atoms with Crippen molar-refractivity contribution in [1.82, 2.24) is 9.55 Å². The zero-order chi connectivity index (χ0) is 8.43. The first-order valence-electron chi connectivity index (χ1n) is 2.94. The van der Waals surface area contributed by atoms with Gasteiger partial charge in [0, 0.05) is 19.2 Å². The Hall–Kier alpha value is -1.23. The summed E-state index contributed by atoms with van der Waals surface area (Å²) < 4.78 is 1.03. The fourth-order valence-corrected chi connectivity index (χ4v) is 1.01. The van der Waals surface area contributed by atoms with Crippen LogP contribution in [0, 0.1) is 4.77 Å². The van der Waals surface area contributed by atoms with E-state index in [1.54, 1.807) is 0 Å². The summed E-state index contributed by atoms with van der Waals surface area (Å²) in [6, 6.07) is 1.25. The van der Waals surface area contributed by atoms with E-state index in [-0.39, 0.29) is 10.7 Å². The smallest absolute Gasteiger partial charge is 0.261 e. The third-order valence-electron chi connectivity index (χ3n) is 1.17. The van der Waals surface area contributed by atoms with Crippen molar-refractivity contribution in [2.24, 2.45) is 0 Å². The van der Waals surface area contributed by atoms with E-state index in [2.05, 4.69) is 4.98 Å². The molecule has 1 heterocycles. The van der Waals surface area contributed by atoms with Crippen LogP contribution >= 0.6 is 12.2 Å². The highest BCUT2D eigenvalue weighted by molar-refractivity contribution is 7.71. The SMILES string of the molecule is CC(=O)n1c(=O)cc[nH]c1=S. The number of hydrogen-bond acceptors (Lipinski definition) is 3. The van der Waals surface area contributed by atoms with Crippen molar-refractivity contribution in [2.75, 3.05) is 0 Å². The average Bonchev–Trinajstić information content (AvgIpc) is 1.85. The molecule has 1 aromatic heterocycles. The van der Waals surface area contributed by atoms with Gasteiger partial charge in [0.25, 0.3) is 5.56 Å². The summed E-state index contributed by atoms with van der Waals surface area (Å²) in [6.45, 7) is 1.28. The van der Waals surface area contributed by atoms with Crippen molar-refractivity contribution in [1.29, 1.82) is 0 Å². The maximum atomic E-state index is 10.9. The Bertz CT molecular complexity index is 362. The zero-order valence-corrected chi connectivity index (χ0v) is 6.64. The second-order valence-corrected chi connectivity index (χ2v) is 2.36. The van der Waals surface area contributed by atoms with E-state index in [1.165, 1.54) is 19.2 Å². The summed E-state index contributed by atoms with van der Waals surface area (Å²) >= 11 is 4.70. The highest BCUT2D eigenvalue weighted by Crippen LogP contribution is 1.81. The summed E-state index contributed by atoms with van der Waals surface area (Å²) in [5.41, 5.74) is -0.402. The van der Waals surface area contributed by atoms with Crippen molar-refractivity contribution in [3.63, 3.8) is 0 Å². The molecule has 1 N–H and O–H groups in total. The molecule has 11 heavy (non-hydrogen) atoms. The average molecular weight is 170 g/mol. The molecule has 0 radical (unpaired) electrons. The summed E-state index contributed by atoms with van der Waals surface area (Å²) in [6.07, 6.45) is 1.41. The van der Waals surface area contributed by atoms with Crippen LogP contribution in [0.25, 0.3) is 0 Å². The van der Waals surface area contributed by atoms with E-state index >= 15 is 0 Å². The highest BCUT2D eigenvalue weighted by Gasteiger charge is 2.00. The van der Waals surface area contributed by atoms with Gasteiger partial charge in [-0.05, 0) is 12.2 Å². The zero-order valence-electron chi connectivity index (χ0n) is 5.83. The lowest BCUT2D eigenvalue weighted by atomic mass is 10.6. The standard InChI is InChI=1S/C6H6N2O2S/c1-4(9)8-5(10)2-3-7-6(8)11/h2-3H,1H3,(H,7,11). The van der Waals surface area contributed by atoms with Gasteiger partial charge in [0.2, 0.25) is 5.91 Å². The Morgan fingerprint density at radius 3 is 2.73 bits per heavy atom. The van der Waals surface area contributed by atoms with Crippen LogP contribution in [0.1, 0.15) is 11.7 Å². The number of carbonyl (C=O) groups is 1. The number of nitrogens with zero attached hydrogens (tertiary/aromatic N) is 1. The van der Waals surface area contributed by atoms with Gasteiger partial charge >= 0.3 is 0 Å². The molecule has 0 saturated heterocycles. The van der Waals surface area contributed by atoms with Crippen molar-refractivity contribution in [2.45, 2.75) is 6.92 Å². The van der Waals surface area contributed by atoms with Crippen LogP contribution in [-0.2, 0) is 0 Å². The van der Waals surface area contributed by atoms with Crippen molar-refractivity contribution in [3.05, 3.63) is 27.4 Å². The number of aromatic amines is 1. The monoisotopic (exact) mass is 170 g/mol. The van der Waals surface area contributed by atoms with Crippen molar-refractivity contribution < 1.29 is 4.79 Å². The highest BCUT2D eigenvalue weighted by atomic mass is 32.1. The van der Waals surface area contributed by atoms with Gasteiger partial charge in [0.1, 0.15) is 0 Å². The molecule has 1 rings (SSSR count). The van der Waals surface area contributed by atoms with Crippen LogP contribution in [-0.4, -0.2) is 15.5 Å². The van der Waals surface area contributed by atoms with Crippen LogP contribution in [0.3, 0.4) is 0 Å². The second kappa shape index (κ2) is 2.79. The molecule has 0 aliphatic carbocycles. The van der Waals surface area contributed by atoms with E-state index < -0.39 is 5.56 Å². The Balaban J connectivity index is 3.58. The summed E-state index contributed by atoms with van der Waals surface area (Å²) in [5.74, 6) is -0.378. The van der Waals surface area contributed by atoms with Gasteiger partial charge in [-0.2, -0.15) is 0 Å². The van der Waals surface area contributed by atoms with Gasteiger partial charge in [-0.1, -0.05) is 0 Å².